The smallest absolute Gasteiger partial charge is 0.140 e. The molecule has 0 aromatic heterocycles. The van der Waals surface area contributed by atoms with E-state index in [0.29, 0.717) is 12.8 Å². The molecule has 0 heterocycles. The van der Waals surface area contributed by atoms with Crippen molar-refractivity contribution in [2.75, 3.05) is 0 Å². The van der Waals surface area contributed by atoms with E-state index in [9.17, 15) is 19.2 Å². The number of Topliss-reactive ketones (excluding diaryl/α,β-unsaturated/α-hetero) is 4. The molecule has 0 saturated carbocycles. The maximum Gasteiger partial charge on any atom is 0.140 e. The van der Waals surface area contributed by atoms with E-state index in [0.717, 1.165) is 38.5 Å². The molecule has 4 nitrogen and oxygen atoms in total. The maximum atomic E-state index is 11.3. The van der Waals surface area contributed by atoms with Crippen molar-refractivity contribution in [2.45, 2.75) is 78.1 Å². The van der Waals surface area contributed by atoms with Crippen LogP contribution in [-0.2, 0) is 19.2 Å². The van der Waals surface area contributed by atoms with Crippen LogP contribution in [0.15, 0.2) is 0 Å². The van der Waals surface area contributed by atoms with Gasteiger partial charge in [0.2, 0.25) is 0 Å². The Balaban J connectivity index is 3.33. The number of rotatable bonds is 13. The Morgan fingerprint density at radius 1 is 0.550 bits per heavy atom. The first-order chi connectivity index (χ1) is 9.41. The quantitative estimate of drug-likeness (QED) is 0.384. The Kier molecular flexibility index (Phi) is 10.7. The van der Waals surface area contributed by atoms with E-state index in [-0.39, 0.29) is 36.0 Å². The number of unbranched alkanes of at least 4 members (excludes halogenated alkanes) is 5. The zero-order valence-electron chi connectivity index (χ0n) is 12.7. The van der Waals surface area contributed by atoms with Crippen LogP contribution in [-0.4, -0.2) is 23.1 Å². The molecule has 0 aliphatic carbocycles. The summed E-state index contributed by atoms with van der Waals surface area (Å²) in [6.45, 7) is 2.87. The lowest BCUT2D eigenvalue weighted by atomic mass is 10.0. The van der Waals surface area contributed by atoms with Crippen molar-refractivity contribution >= 4 is 23.1 Å². The summed E-state index contributed by atoms with van der Waals surface area (Å²) in [6.07, 6.45) is 6.90. The van der Waals surface area contributed by atoms with Gasteiger partial charge in [-0.2, -0.15) is 0 Å². The lowest BCUT2D eigenvalue weighted by Crippen LogP contribution is -2.04. The monoisotopic (exact) mass is 282 g/mol. The van der Waals surface area contributed by atoms with Crippen LogP contribution in [0.4, 0.5) is 0 Å². The third kappa shape index (κ3) is 13.1. The Morgan fingerprint density at radius 3 is 1.15 bits per heavy atom. The molecule has 0 aliphatic heterocycles. The van der Waals surface area contributed by atoms with Crippen LogP contribution in [0.25, 0.3) is 0 Å². The second-order valence-electron chi connectivity index (χ2n) is 5.46. The summed E-state index contributed by atoms with van der Waals surface area (Å²) in [6, 6.07) is 0. The average molecular weight is 282 g/mol. The highest BCUT2D eigenvalue weighted by Gasteiger charge is 2.06. The van der Waals surface area contributed by atoms with Crippen LogP contribution in [0.3, 0.4) is 0 Å². The average Bonchev–Trinajstić information content (AvgIpc) is 2.30. The molecule has 0 rings (SSSR count). The fraction of sp³-hybridized carbons (Fsp3) is 0.750. The summed E-state index contributed by atoms with van der Waals surface area (Å²) in [5.41, 5.74) is 0. The van der Waals surface area contributed by atoms with E-state index < -0.39 is 0 Å². The molecule has 0 aliphatic rings. The summed E-state index contributed by atoms with van der Waals surface area (Å²) >= 11 is 0. The zero-order chi connectivity index (χ0) is 15.4. The predicted molar refractivity (Wildman–Crippen MR) is 77.5 cm³/mol. The fourth-order valence-corrected chi connectivity index (χ4v) is 2.08. The van der Waals surface area contributed by atoms with Crippen LogP contribution in [0.5, 0.6) is 0 Å². The van der Waals surface area contributed by atoms with Crippen molar-refractivity contribution in [1.29, 1.82) is 0 Å². The molecular formula is C16H26O4. The van der Waals surface area contributed by atoms with E-state index in [4.69, 9.17) is 0 Å². The Labute approximate surface area is 121 Å². The van der Waals surface area contributed by atoms with Crippen molar-refractivity contribution in [3.05, 3.63) is 0 Å². The molecule has 0 unspecified atom stereocenters. The molecule has 0 radical (unpaired) electrons. The van der Waals surface area contributed by atoms with Gasteiger partial charge in [0.05, 0.1) is 12.8 Å². The fourth-order valence-electron chi connectivity index (χ4n) is 2.08. The van der Waals surface area contributed by atoms with Crippen LogP contribution in [0.1, 0.15) is 78.1 Å². The van der Waals surface area contributed by atoms with Crippen molar-refractivity contribution in [1.82, 2.24) is 0 Å². The summed E-state index contributed by atoms with van der Waals surface area (Å²) in [5, 5.41) is 0. The van der Waals surface area contributed by atoms with Gasteiger partial charge >= 0.3 is 0 Å². The third-order valence-electron chi connectivity index (χ3n) is 3.05. The normalized spacial score (nSPS) is 10.3. The van der Waals surface area contributed by atoms with Crippen LogP contribution in [0.2, 0.25) is 0 Å². The van der Waals surface area contributed by atoms with Crippen LogP contribution >= 0.6 is 0 Å². The predicted octanol–water partition coefficient (Wildman–Crippen LogP) is 3.20. The van der Waals surface area contributed by atoms with E-state index >= 15 is 0 Å². The van der Waals surface area contributed by atoms with E-state index in [1.54, 1.807) is 0 Å². The number of ketones is 4. The molecule has 0 atom stereocenters. The largest absolute Gasteiger partial charge is 0.300 e. The van der Waals surface area contributed by atoms with E-state index in [1.807, 2.05) is 0 Å². The first kappa shape index (κ1) is 18.7. The zero-order valence-corrected chi connectivity index (χ0v) is 12.7. The van der Waals surface area contributed by atoms with Gasteiger partial charge in [-0.15, -0.1) is 0 Å². The van der Waals surface area contributed by atoms with E-state index in [1.165, 1.54) is 13.8 Å². The second-order valence-corrected chi connectivity index (χ2v) is 5.46. The first-order valence-electron chi connectivity index (χ1n) is 7.44. The number of hydrogen-bond acceptors (Lipinski definition) is 4. The van der Waals surface area contributed by atoms with Crippen molar-refractivity contribution < 1.29 is 19.2 Å². The molecule has 114 valence electrons. The Bertz CT molecular complexity index is 310. The lowest BCUT2D eigenvalue weighted by molar-refractivity contribution is -0.127. The SMILES string of the molecule is CC(=O)CC(=O)CCCCCCCCC(=O)CC(C)=O. The number of carbonyl (C=O) groups is 4. The van der Waals surface area contributed by atoms with Crippen molar-refractivity contribution in [2.24, 2.45) is 0 Å². The minimum atomic E-state index is -0.0646. The highest BCUT2D eigenvalue weighted by molar-refractivity contribution is 5.98. The molecule has 0 spiro atoms. The lowest BCUT2D eigenvalue weighted by Gasteiger charge is -2.01. The number of carbonyl (C=O) groups excluding carboxylic acids is 4. The van der Waals surface area contributed by atoms with Crippen LogP contribution < -0.4 is 0 Å². The van der Waals surface area contributed by atoms with Crippen molar-refractivity contribution in [3.8, 4) is 0 Å². The molecular weight excluding hydrogens is 256 g/mol. The first-order valence-corrected chi connectivity index (χ1v) is 7.44. The van der Waals surface area contributed by atoms with Gasteiger partial charge in [0.1, 0.15) is 23.1 Å². The third-order valence-corrected chi connectivity index (χ3v) is 3.05. The summed E-state index contributed by atoms with van der Waals surface area (Å²) < 4.78 is 0. The van der Waals surface area contributed by atoms with Gasteiger partial charge in [-0.3, -0.25) is 19.2 Å². The standard InChI is InChI=1S/C16H26O4/c1-13(17)11-15(19)9-7-5-3-4-6-8-10-16(20)12-14(2)18/h3-12H2,1-2H3. The topological polar surface area (TPSA) is 68.3 Å². The van der Waals surface area contributed by atoms with Gasteiger partial charge in [0.15, 0.2) is 0 Å². The van der Waals surface area contributed by atoms with Crippen LogP contribution in [0, 0.1) is 0 Å². The number of hydrogen-bond donors (Lipinski definition) is 0. The van der Waals surface area contributed by atoms with E-state index in [2.05, 4.69) is 0 Å². The molecule has 0 amide bonds. The molecule has 0 aromatic carbocycles. The Morgan fingerprint density at radius 2 is 0.850 bits per heavy atom. The summed E-state index contributed by atoms with van der Waals surface area (Å²) in [5.74, 6) is -0.0601. The van der Waals surface area contributed by atoms with Crippen molar-refractivity contribution in [3.63, 3.8) is 0 Å². The minimum Gasteiger partial charge on any atom is -0.300 e. The van der Waals surface area contributed by atoms with Gasteiger partial charge in [-0.05, 0) is 26.7 Å². The van der Waals surface area contributed by atoms with Gasteiger partial charge in [0, 0.05) is 12.8 Å². The highest BCUT2D eigenvalue weighted by Crippen LogP contribution is 2.10. The molecule has 0 fully saturated rings. The molecule has 0 bridgehead atoms. The van der Waals surface area contributed by atoms with Gasteiger partial charge in [-0.25, -0.2) is 0 Å². The summed E-state index contributed by atoms with van der Waals surface area (Å²) in [4.78, 5) is 44.0. The molecule has 0 aromatic rings. The summed E-state index contributed by atoms with van der Waals surface area (Å²) in [7, 11) is 0. The maximum absolute atomic E-state index is 11.3. The van der Waals surface area contributed by atoms with Gasteiger partial charge < -0.3 is 0 Å². The van der Waals surface area contributed by atoms with Gasteiger partial charge in [0.25, 0.3) is 0 Å². The molecule has 0 saturated heterocycles. The minimum absolute atomic E-state index is 0.0346. The Hall–Kier alpha value is -1.32. The second kappa shape index (κ2) is 11.5. The molecule has 4 heteroatoms. The molecule has 20 heavy (non-hydrogen) atoms. The molecule has 0 N–H and O–H groups in total. The highest BCUT2D eigenvalue weighted by atomic mass is 16.2. The van der Waals surface area contributed by atoms with Gasteiger partial charge in [-0.1, -0.05) is 25.7 Å².